The molecule has 4 nitrogen and oxygen atoms in total. The van der Waals surface area contributed by atoms with Crippen LogP contribution in [0.15, 0.2) is 59.5 Å². The minimum Gasteiger partial charge on any atom is -0.207 e. The van der Waals surface area contributed by atoms with Crippen molar-refractivity contribution >= 4 is 10.0 Å². The van der Waals surface area contributed by atoms with Crippen LogP contribution in [-0.4, -0.2) is 25.3 Å². The van der Waals surface area contributed by atoms with Crippen LogP contribution in [0.5, 0.6) is 0 Å². The van der Waals surface area contributed by atoms with E-state index >= 15 is 0 Å². The van der Waals surface area contributed by atoms with E-state index in [1.54, 1.807) is 18.2 Å². The molecule has 2 atom stereocenters. The monoisotopic (exact) mass is 326 g/mol. The highest BCUT2D eigenvalue weighted by molar-refractivity contribution is 7.89. The predicted octanol–water partition coefficient (Wildman–Crippen LogP) is 3.12. The van der Waals surface area contributed by atoms with Crippen LogP contribution >= 0.6 is 0 Å². The molecule has 0 aliphatic carbocycles. The molecule has 2 unspecified atom stereocenters. The van der Waals surface area contributed by atoms with Gasteiger partial charge in [-0.05, 0) is 37.0 Å². The van der Waals surface area contributed by atoms with Crippen molar-refractivity contribution in [2.45, 2.75) is 30.2 Å². The van der Waals surface area contributed by atoms with Crippen LogP contribution in [-0.2, 0) is 10.0 Å². The lowest BCUT2D eigenvalue weighted by Gasteiger charge is -2.21. The number of nitriles is 1. The molecule has 0 aromatic heterocycles. The van der Waals surface area contributed by atoms with Crippen molar-refractivity contribution in [3.05, 3.63) is 65.7 Å². The van der Waals surface area contributed by atoms with Gasteiger partial charge < -0.3 is 0 Å². The molecular formula is C18H18N2O2S. The second-order valence-corrected chi connectivity index (χ2v) is 7.73. The van der Waals surface area contributed by atoms with Gasteiger partial charge in [-0.2, -0.15) is 9.57 Å². The Morgan fingerprint density at radius 2 is 1.74 bits per heavy atom. The topological polar surface area (TPSA) is 61.2 Å². The zero-order valence-electron chi connectivity index (χ0n) is 12.9. The summed E-state index contributed by atoms with van der Waals surface area (Å²) in [5, 5.41) is 9.19. The number of rotatable bonds is 3. The van der Waals surface area contributed by atoms with E-state index in [-0.39, 0.29) is 22.4 Å². The van der Waals surface area contributed by atoms with Gasteiger partial charge in [-0.15, -0.1) is 0 Å². The van der Waals surface area contributed by atoms with Crippen molar-refractivity contribution in [2.24, 2.45) is 0 Å². The van der Waals surface area contributed by atoms with E-state index in [4.69, 9.17) is 0 Å². The Labute approximate surface area is 137 Å². The summed E-state index contributed by atoms with van der Waals surface area (Å²) in [4.78, 5) is 0.100. The van der Waals surface area contributed by atoms with Crippen LogP contribution in [0.25, 0.3) is 0 Å². The van der Waals surface area contributed by atoms with Crippen LogP contribution < -0.4 is 0 Å². The molecule has 0 N–H and O–H groups in total. The molecule has 2 aromatic carbocycles. The number of benzene rings is 2. The lowest BCUT2D eigenvalue weighted by molar-refractivity contribution is 0.407. The molecule has 0 radical (unpaired) electrons. The first-order valence-corrected chi connectivity index (χ1v) is 9.04. The Balaban J connectivity index is 1.94. The largest absolute Gasteiger partial charge is 0.244 e. The average molecular weight is 326 g/mol. The van der Waals surface area contributed by atoms with E-state index < -0.39 is 10.0 Å². The van der Waals surface area contributed by atoms with E-state index in [2.05, 4.69) is 0 Å². The minimum absolute atomic E-state index is 0.0862. The number of sulfonamides is 1. The third kappa shape index (κ3) is 2.88. The average Bonchev–Trinajstić information content (AvgIpc) is 2.98. The Morgan fingerprint density at radius 1 is 1.09 bits per heavy atom. The van der Waals surface area contributed by atoms with Gasteiger partial charge >= 0.3 is 0 Å². The van der Waals surface area contributed by atoms with Crippen molar-refractivity contribution in [1.82, 2.24) is 4.31 Å². The van der Waals surface area contributed by atoms with Gasteiger partial charge in [0.1, 0.15) is 6.07 Å². The standard InChI is InChI=1S/C18H18N2O2S/c1-14-11-17(15-7-3-2-4-8-15)13-20(14)23(21,22)18-10-6-5-9-16(18)12-19/h2-10,14,17H,11,13H2,1H3. The van der Waals surface area contributed by atoms with Crippen molar-refractivity contribution in [3.63, 3.8) is 0 Å². The molecule has 2 aromatic rings. The van der Waals surface area contributed by atoms with Gasteiger partial charge in [0.2, 0.25) is 10.0 Å². The van der Waals surface area contributed by atoms with Crippen LogP contribution in [0.1, 0.15) is 30.4 Å². The van der Waals surface area contributed by atoms with E-state index in [1.165, 1.54) is 10.4 Å². The van der Waals surface area contributed by atoms with Crippen LogP contribution in [0.4, 0.5) is 0 Å². The maximum atomic E-state index is 13.0. The molecule has 0 amide bonds. The van der Waals surface area contributed by atoms with Crippen molar-refractivity contribution < 1.29 is 8.42 Å². The molecular weight excluding hydrogens is 308 g/mol. The lowest BCUT2D eigenvalue weighted by atomic mass is 9.97. The first-order valence-electron chi connectivity index (χ1n) is 7.60. The summed E-state index contributed by atoms with van der Waals surface area (Å²) >= 11 is 0. The van der Waals surface area contributed by atoms with E-state index in [9.17, 15) is 13.7 Å². The van der Waals surface area contributed by atoms with Crippen LogP contribution in [0.2, 0.25) is 0 Å². The molecule has 1 aliphatic rings. The summed E-state index contributed by atoms with van der Waals surface area (Å²) in [6.45, 7) is 2.38. The SMILES string of the molecule is CC1CC(c2ccccc2)CN1S(=O)(=O)c1ccccc1C#N. The van der Waals surface area contributed by atoms with Gasteiger partial charge in [-0.25, -0.2) is 8.42 Å². The molecule has 1 aliphatic heterocycles. The normalized spacial score (nSPS) is 21.9. The molecule has 0 saturated carbocycles. The van der Waals surface area contributed by atoms with E-state index in [0.717, 1.165) is 12.0 Å². The van der Waals surface area contributed by atoms with Crippen molar-refractivity contribution in [3.8, 4) is 6.07 Å². The fourth-order valence-electron chi connectivity index (χ4n) is 3.21. The summed E-state index contributed by atoms with van der Waals surface area (Å²) in [5.41, 5.74) is 1.36. The maximum absolute atomic E-state index is 13.0. The molecule has 1 fully saturated rings. The molecule has 5 heteroatoms. The summed E-state index contributed by atoms with van der Waals surface area (Å²) in [6.07, 6.45) is 0.790. The first kappa shape index (κ1) is 15.7. The van der Waals surface area contributed by atoms with Gasteiger partial charge in [-0.3, -0.25) is 0 Å². The highest BCUT2D eigenvalue weighted by atomic mass is 32.2. The molecule has 23 heavy (non-hydrogen) atoms. The van der Waals surface area contributed by atoms with Crippen LogP contribution in [0, 0.1) is 11.3 Å². The smallest absolute Gasteiger partial charge is 0.207 e. The number of nitrogens with zero attached hydrogens (tertiary/aromatic N) is 2. The first-order chi connectivity index (χ1) is 11.0. The second kappa shape index (κ2) is 6.15. The zero-order valence-corrected chi connectivity index (χ0v) is 13.7. The fourth-order valence-corrected chi connectivity index (χ4v) is 5.04. The molecule has 0 spiro atoms. The number of hydrogen-bond acceptors (Lipinski definition) is 3. The van der Waals surface area contributed by atoms with Gasteiger partial charge in [-0.1, -0.05) is 42.5 Å². The maximum Gasteiger partial charge on any atom is 0.244 e. The summed E-state index contributed by atoms with van der Waals surface area (Å²) in [5.74, 6) is 0.190. The summed E-state index contributed by atoms with van der Waals surface area (Å²) in [7, 11) is -3.66. The highest BCUT2D eigenvalue weighted by Crippen LogP contribution is 2.35. The van der Waals surface area contributed by atoms with Crippen LogP contribution in [0.3, 0.4) is 0 Å². The summed E-state index contributed by atoms with van der Waals surface area (Å²) < 4.78 is 27.5. The predicted molar refractivity (Wildman–Crippen MR) is 88.3 cm³/mol. The molecule has 1 heterocycles. The summed E-state index contributed by atoms with van der Waals surface area (Å²) in [6, 6.07) is 18.3. The van der Waals surface area contributed by atoms with E-state index in [1.807, 2.05) is 43.3 Å². The third-order valence-corrected chi connectivity index (χ3v) is 6.42. The number of hydrogen-bond donors (Lipinski definition) is 0. The second-order valence-electron chi connectivity index (χ2n) is 5.88. The molecule has 3 rings (SSSR count). The Kier molecular flexibility index (Phi) is 4.20. The zero-order chi connectivity index (χ0) is 16.4. The minimum atomic E-state index is -3.66. The van der Waals surface area contributed by atoms with E-state index in [0.29, 0.717) is 6.54 Å². The van der Waals surface area contributed by atoms with Gasteiger partial charge in [0.15, 0.2) is 0 Å². The Morgan fingerprint density at radius 3 is 2.43 bits per heavy atom. The molecule has 1 saturated heterocycles. The van der Waals surface area contributed by atoms with Gasteiger partial charge in [0, 0.05) is 12.6 Å². The van der Waals surface area contributed by atoms with Gasteiger partial charge in [0.25, 0.3) is 0 Å². The Hall–Kier alpha value is -2.16. The molecule has 118 valence electrons. The molecule has 0 bridgehead atoms. The third-order valence-electron chi connectivity index (χ3n) is 4.38. The van der Waals surface area contributed by atoms with Crippen molar-refractivity contribution in [2.75, 3.05) is 6.54 Å². The quantitative estimate of drug-likeness (QED) is 0.870. The lowest BCUT2D eigenvalue weighted by Crippen LogP contribution is -2.34. The van der Waals surface area contributed by atoms with Crippen molar-refractivity contribution in [1.29, 1.82) is 5.26 Å². The van der Waals surface area contributed by atoms with Gasteiger partial charge in [0.05, 0.1) is 10.5 Å². The Bertz CT molecular complexity index is 841. The highest BCUT2D eigenvalue weighted by Gasteiger charge is 2.39. The fraction of sp³-hybridized carbons (Fsp3) is 0.278.